The number of ether oxygens (including phenoxy) is 1. The molecule has 1 rings (SSSR count). The van der Waals surface area contributed by atoms with E-state index in [0.717, 1.165) is 5.56 Å². The van der Waals surface area contributed by atoms with Gasteiger partial charge in [0.05, 0.1) is 13.2 Å². The summed E-state index contributed by atoms with van der Waals surface area (Å²) in [6.45, 7) is 3.67. The largest absolute Gasteiger partial charge is 0.453 e. The molecule has 0 aliphatic heterocycles. The molecule has 1 N–H and O–H groups in total. The van der Waals surface area contributed by atoms with E-state index in [1.54, 1.807) is 6.08 Å². The van der Waals surface area contributed by atoms with Gasteiger partial charge in [-0.3, -0.25) is 0 Å². The topological polar surface area (TPSA) is 38.3 Å². The van der Waals surface area contributed by atoms with Crippen molar-refractivity contribution in [3.8, 4) is 0 Å². The monoisotopic (exact) mass is 205 g/mol. The number of methoxy groups -OCH3 is 1. The van der Waals surface area contributed by atoms with Crippen LogP contribution in [0.15, 0.2) is 43.0 Å². The zero-order chi connectivity index (χ0) is 11.1. The zero-order valence-electron chi connectivity index (χ0n) is 8.77. The summed E-state index contributed by atoms with van der Waals surface area (Å²) in [7, 11) is 1.35. The fourth-order valence-electron chi connectivity index (χ4n) is 1.33. The molecule has 3 nitrogen and oxygen atoms in total. The van der Waals surface area contributed by atoms with Crippen molar-refractivity contribution < 1.29 is 9.53 Å². The average molecular weight is 205 g/mol. The van der Waals surface area contributed by atoms with Crippen LogP contribution < -0.4 is 5.32 Å². The van der Waals surface area contributed by atoms with Crippen LogP contribution in [0.3, 0.4) is 0 Å². The summed E-state index contributed by atoms with van der Waals surface area (Å²) in [6.07, 6.45) is 2.03. The molecule has 0 aromatic heterocycles. The number of carbonyl (C=O) groups is 1. The number of hydrogen-bond acceptors (Lipinski definition) is 2. The van der Waals surface area contributed by atoms with Crippen molar-refractivity contribution in [2.24, 2.45) is 0 Å². The van der Waals surface area contributed by atoms with Crippen LogP contribution in [0.25, 0.3) is 0 Å². The smallest absolute Gasteiger partial charge is 0.407 e. The molecule has 0 saturated heterocycles. The Hall–Kier alpha value is -1.77. The highest BCUT2D eigenvalue weighted by molar-refractivity contribution is 5.67. The predicted octanol–water partition coefficient (Wildman–Crippen LogP) is 2.66. The Morgan fingerprint density at radius 1 is 1.53 bits per heavy atom. The van der Waals surface area contributed by atoms with Crippen molar-refractivity contribution in [2.75, 3.05) is 7.11 Å². The molecule has 0 spiro atoms. The Morgan fingerprint density at radius 2 is 2.20 bits per heavy atom. The summed E-state index contributed by atoms with van der Waals surface area (Å²) in [5.41, 5.74) is 1.04. The number of benzene rings is 1. The van der Waals surface area contributed by atoms with Gasteiger partial charge in [-0.1, -0.05) is 36.4 Å². The van der Waals surface area contributed by atoms with E-state index in [0.29, 0.717) is 6.42 Å². The van der Waals surface area contributed by atoms with Crippen molar-refractivity contribution in [3.63, 3.8) is 0 Å². The third-order valence-electron chi connectivity index (χ3n) is 2.08. The van der Waals surface area contributed by atoms with Gasteiger partial charge in [0.15, 0.2) is 0 Å². The summed E-state index contributed by atoms with van der Waals surface area (Å²) in [5, 5.41) is 2.75. The first-order valence-corrected chi connectivity index (χ1v) is 4.78. The van der Waals surface area contributed by atoms with Crippen molar-refractivity contribution in [2.45, 2.75) is 12.5 Å². The van der Waals surface area contributed by atoms with E-state index in [2.05, 4.69) is 16.6 Å². The Morgan fingerprint density at radius 3 is 2.73 bits per heavy atom. The second-order valence-corrected chi connectivity index (χ2v) is 3.12. The average Bonchev–Trinajstić information content (AvgIpc) is 2.29. The fraction of sp³-hybridized carbons (Fsp3) is 0.250. The summed E-state index contributed by atoms with van der Waals surface area (Å²) in [5.74, 6) is 0. The molecule has 0 aliphatic carbocycles. The molecule has 0 aliphatic rings. The molecule has 1 amide bonds. The number of amides is 1. The molecule has 15 heavy (non-hydrogen) atoms. The molecule has 1 unspecified atom stereocenters. The fourth-order valence-corrected chi connectivity index (χ4v) is 1.33. The predicted molar refractivity (Wildman–Crippen MR) is 59.5 cm³/mol. The molecule has 80 valence electrons. The van der Waals surface area contributed by atoms with Crippen LogP contribution in [0, 0.1) is 0 Å². The van der Waals surface area contributed by atoms with Gasteiger partial charge in [-0.25, -0.2) is 4.79 Å². The molecular formula is C12H15NO2. The maximum absolute atomic E-state index is 11.1. The van der Waals surface area contributed by atoms with Crippen molar-refractivity contribution in [1.29, 1.82) is 0 Å². The van der Waals surface area contributed by atoms with Crippen molar-refractivity contribution >= 4 is 6.09 Å². The molecule has 3 heteroatoms. The summed E-state index contributed by atoms with van der Waals surface area (Å²) in [6, 6.07) is 9.66. The van der Waals surface area contributed by atoms with Crippen LogP contribution in [0.2, 0.25) is 0 Å². The molecule has 0 fully saturated rings. The van der Waals surface area contributed by atoms with Crippen LogP contribution in [-0.2, 0) is 4.74 Å². The minimum Gasteiger partial charge on any atom is -0.453 e. The molecule has 1 aromatic carbocycles. The second kappa shape index (κ2) is 5.86. The number of hydrogen-bond donors (Lipinski definition) is 1. The van der Waals surface area contributed by atoms with E-state index in [9.17, 15) is 4.79 Å². The highest BCUT2D eigenvalue weighted by atomic mass is 16.5. The maximum atomic E-state index is 11.1. The third kappa shape index (κ3) is 3.46. The molecule has 0 saturated carbocycles. The van der Waals surface area contributed by atoms with Gasteiger partial charge < -0.3 is 10.1 Å². The second-order valence-electron chi connectivity index (χ2n) is 3.12. The third-order valence-corrected chi connectivity index (χ3v) is 2.08. The lowest BCUT2D eigenvalue weighted by Crippen LogP contribution is -2.27. The molecule has 1 aromatic rings. The van der Waals surface area contributed by atoms with Crippen LogP contribution >= 0.6 is 0 Å². The van der Waals surface area contributed by atoms with Gasteiger partial charge in [-0.05, 0) is 12.0 Å². The minimum absolute atomic E-state index is 0.0730. The van der Waals surface area contributed by atoms with E-state index in [1.807, 2.05) is 30.3 Å². The van der Waals surface area contributed by atoms with E-state index in [1.165, 1.54) is 7.11 Å². The van der Waals surface area contributed by atoms with Crippen LogP contribution in [0.5, 0.6) is 0 Å². The SMILES string of the molecule is C=CCC(NC(=O)OC)c1ccccc1. The zero-order valence-corrected chi connectivity index (χ0v) is 8.77. The maximum Gasteiger partial charge on any atom is 0.407 e. The van der Waals surface area contributed by atoms with Gasteiger partial charge in [-0.15, -0.1) is 6.58 Å². The molecule has 0 bridgehead atoms. The van der Waals surface area contributed by atoms with E-state index >= 15 is 0 Å². The Labute approximate surface area is 89.8 Å². The van der Waals surface area contributed by atoms with Gasteiger partial charge >= 0.3 is 6.09 Å². The lowest BCUT2D eigenvalue weighted by molar-refractivity contribution is 0.166. The molecular weight excluding hydrogens is 190 g/mol. The highest BCUT2D eigenvalue weighted by Gasteiger charge is 2.12. The minimum atomic E-state index is -0.425. The lowest BCUT2D eigenvalue weighted by atomic mass is 10.0. The van der Waals surface area contributed by atoms with Crippen molar-refractivity contribution in [3.05, 3.63) is 48.6 Å². The molecule has 0 radical (unpaired) electrons. The van der Waals surface area contributed by atoms with Gasteiger partial charge in [-0.2, -0.15) is 0 Å². The van der Waals surface area contributed by atoms with Gasteiger partial charge in [0.2, 0.25) is 0 Å². The Kier molecular flexibility index (Phi) is 4.41. The summed E-state index contributed by atoms with van der Waals surface area (Å²) < 4.78 is 4.56. The Balaban J connectivity index is 2.74. The van der Waals surface area contributed by atoms with E-state index in [-0.39, 0.29) is 6.04 Å². The number of nitrogens with one attached hydrogen (secondary N) is 1. The number of rotatable bonds is 4. The van der Waals surface area contributed by atoms with Gasteiger partial charge in [0.25, 0.3) is 0 Å². The van der Waals surface area contributed by atoms with Crippen molar-refractivity contribution in [1.82, 2.24) is 5.32 Å². The molecule has 1 atom stereocenters. The van der Waals surface area contributed by atoms with Gasteiger partial charge in [0.1, 0.15) is 0 Å². The Bertz CT molecular complexity index is 322. The normalized spacial score (nSPS) is 11.5. The first-order chi connectivity index (χ1) is 7.27. The highest BCUT2D eigenvalue weighted by Crippen LogP contribution is 2.16. The van der Waals surface area contributed by atoms with Crippen LogP contribution in [0.4, 0.5) is 4.79 Å². The first kappa shape index (κ1) is 11.3. The van der Waals surface area contributed by atoms with E-state index in [4.69, 9.17) is 0 Å². The first-order valence-electron chi connectivity index (χ1n) is 4.78. The summed E-state index contributed by atoms with van der Waals surface area (Å²) >= 11 is 0. The number of alkyl carbamates (subject to hydrolysis) is 1. The quantitative estimate of drug-likeness (QED) is 0.767. The number of carbonyl (C=O) groups excluding carboxylic acids is 1. The summed E-state index contributed by atoms with van der Waals surface area (Å²) in [4.78, 5) is 11.1. The standard InChI is InChI=1S/C12H15NO2/c1-3-7-11(13-12(14)15-2)10-8-5-4-6-9-10/h3-6,8-9,11H,1,7H2,2H3,(H,13,14). The van der Waals surface area contributed by atoms with Gasteiger partial charge in [0, 0.05) is 0 Å². The van der Waals surface area contributed by atoms with E-state index < -0.39 is 6.09 Å². The molecule has 0 heterocycles. The lowest BCUT2D eigenvalue weighted by Gasteiger charge is -2.16. The van der Waals surface area contributed by atoms with Crippen LogP contribution in [0.1, 0.15) is 18.0 Å². The van der Waals surface area contributed by atoms with Crippen LogP contribution in [-0.4, -0.2) is 13.2 Å².